The standard InChI is InChI=1S/C11H22N2O2.C6H9N3/c1-9(2)7-10(11(15)12-3)5-4-6-13-8-14;7-5-3-1-2-4-6(5)9-8/h8-10H,4-7H2,1-3H3,(H,12,15)(H,13,14);1-4,9H,7-8H2. The minimum atomic E-state index is 0.0726. The Kier molecular flexibility index (Phi) is 11.9. The number of para-hydroxylation sites is 2. The van der Waals surface area contributed by atoms with Crippen LogP contribution in [0.5, 0.6) is 0 Å². The molecule has 0 aliphatic carbocycles. The van der Waals surface area contributed by atoms with E-state index in [2.05, 4.69) is 29.9 Å². The quantitative estimate of drug-likeness (QED) is 0.154. The first kappa shape index (κ1) is 21.7. The fourth-order valence-corrected chi connectivity index (χ4v) is 2.27. The number of carbonyl (C=O) groups excluding carboxylic acids is 2. The first-order valence-corrected chi connectivity index (χ1v) is 8.15. The van der Waals surface area contributed by atoms with Gasteiger partial charge in [0.05, 0.1) is 11.4 Å². The van der Waals surface area contributed by atoms with Gasteiger partial charge in [-0.2, -0.15) is 0 Å². The summed E-state index contributed by atoms with van der Waals surface area (Å²) in [6.45, 7) is 4.87. The third-order valence-corrected chi connectivity index (χ3v) is 3.45. The molecule has 136 valence electrons. The summed E-state index contributed by atoms with van der Waals surface area (Å²) in [5, 5.41) is 5.28. The Bertz CT molecular complexity index is 480. The molecule has 0 aromatic heterocycles. The summed E-state index contributed by atoms with van der Waals surface area (Å²) in [7, 11) is 1.67. The Hall–Kier alpha value is -2.28. The van der Waals surface area contributed by atoms with Crippen LogP contribution >= 0.6 is 0 Å². The van der Waals surface area contributed by atoms with Crippen LogP contribution in [0.25, 0.3) is 0 Å². The predicted octanol–water partition coefficient (Wildman–Crippen LogP) is 1.48. The molecule has 1 unspecified atom stereocenters. The number of hydrogen-bond acceptors (Lipinski definition) is 5. The molecule has 7 N–H and O–H groups in total. The maximum absolute atomic E-state index is 11.5. The lowest BCUT2D eigenvalue weighted by Crippen LogP contribution is -2.29. The average molecular weight is 337 g/mol. The summed E-state index contributed by atoms with van der Waals surface area (Å²) in [5.74, 6) is 5.82. The van der Waals surface area contributed by atoms with Crippen LogP contribution in [0, 0.1) is 11.8 Å². The highest BCUT2D eigenvalue weighted by atomic mass is 16.1. The second kappa shape index (κ2) is 13.2. The molecular formula is C17H31N5O2. The highest BCUT2D eigenvalue weighted by Gasteiger charge is 2.17. The molecule has 0 fully saturated rings. The Morgan fingerprint density at radius 3 is 2.42 bits per heavy atom. The largest absolute Gasteiger partial charge is 0.397 e. The molecule has 7 nitrogen and oxygen atoms in total. The van der Waals surface area contributed by atoms with Crippen molar-refractivity contribution in [2.45, 2.75) is 33.1 Å². The molecule has 7 heteroatoms. The third-order valence-electron chi connectivity index (χ3n) is 3.45. The summed E-state index contributed by atoms with van der Waals surface area (Å²) in [4.78, 5) is 21.5. The predicted molar refractivity (Wildman–Crippen MR) is 99.0 cm³/mol. The molecule has 1 rings (SSSR count). The second-order valence-corrected chi connectivity index (χ2v) is 5.89. The van der Waals surface area contributed by atoms with E-state index in [0.29, 0.717) is 24.6 Å². The van der Waals surface area contributed by atoms with E-state index >= 15 is 0 Å². The number of carbonyl (C=O) groups is 2. The van der Waals surface area contributed by atoms with Gasteiger partial charge < -0.3 is 21.8 Å². The summed E-state index contributed by atoms with van der Waals surface area (Å²) in [5.41, 5.74) is 9.39. The zero-order valence-electron chi connectivity index (χ0n) is 14.8. The van der Waals surface area contributed by atoms with Crippen molar-refractivity contribution in [2.75, 3.05) is 24.8 Å². The van der Waals surface area contributed by atoms with E-state index in [1.54, 1.807) is 13.1 Å². The minimum absolute atomic E-state index is 0.0726. The third kappa shape index (κ3) is 9.68. The van der Waals surface area contributed by atoms with Crippen LogP contribution in [-0.4, -0.2) is 25.9 Å². The molecule has 0 aliphatic rings. The first-order chi connectivity index (χ1) is 11.5. The zero-order chi connectivity index (χ0) is 18.4. The lowest BCUT2D eigenvalue weighted by Gasteiger charge is -2.17. The Morgan fingerprint density at radius 2 is 1.96 bits per heavy atom. The van der Waals surface area contributed by atoms with Crippen molar-refractivity contribution in [3.05, 3.63) is 24.3 Å². The maximum Gasteiger partial charge on any atom is 0.222 e. The van der Waals surface area contributed by atoms with E-state index in [1.165, 1.54) is 0 Å². The van der Waals surface area contributed by atoms with Crippen molar-refractivity contribution in [3.8, 4) is 0 Å². The number of anilines is 2. The first-order valence-electron chi connectivity index (χ1n) is 8.15. The normalized spacial score (nSPS) is 11.0. The van der Waals surface area contributed by atoms with Crippen LogP contribution in [0.15, 0.2) is 24.3 Å². The van der Waals surface area contributed by atoms with Crippen molar-refractivity contribution < 1.29 is 9.59 Å². The molecule has 1 aromatic carbocycles. The Morgan fingerprint density at radius 1 is 1.29 bits per heavy atom. The van der Waals surface area contributed by atoms with Crippen LogP contribution in [0.2, 0.25) is 0 Å². The lowest BCUT2D eigenvalue weighted by molar-refractivity contribution is -0.125. The minimum Gasteiger partial charge on any atom is -0.397 e. The van der Waals surface area contributed by atoms with Gasteiger partial charge in [0.2, 0.25) is 12.3 Å². The number of amides is 2. The summed E-state index contributed by atoms with van der Waals surface area (Å²) < 4.78 is 0. The van der Waals surface area contributed by atoms with Gasteiger partial charge in [-0.25, -0.2) is 0 Å². The number of hydrazine groups is 1. The van der Waals surface area contributed by atoms with Crippen molar-refractivity contribution in [1.82, 2.24) is 10.6 Å². The van der Waals surface area contributed by atoms with Gasteiger partial charge in [0.1, 0.15) is 0 Å². The topological polar surface area (TPSA) is 122 Å². The monoisotopic (exact) mass is 337 g/mol. The van der Waals surface area contributed by atoms with Crippen LogP contribution in [0.4, 0.5) is 11.4 Å². The van der Waals surface area contributed by atoms with E-state index in [1.807, 2.05) is 18.2 Å². The molecule has 0 saturated carbocycles. The molecule has 0 bridgehead atoms. The highest BCUT2D eigenvalue weighted by Crippen LogP contribution is 2.17. The van der Waals surface area contributed by atoms with Gasteiger partial charge >= 0.3 is 0 Å². The van der Waals surface area contributed by atoms with Gasteiger partial charge in [0.15, 0.2) is 0 Å². The van der Waals surface area contributed by atoms with Crippen molar-refractivity contribution in [1.29, 1.82) is 0 Å². The van der Waals surface area contributed by atoms with Crippen molar-refractivity contribution >= 4 is 23.7 Å². The zero-order valence-corrected chi connectivity index (χ0v) is 14.8. The smallest absolute Gasteiger partial charge is 0.222 e. The van der Waals surface area contributed by atoms with Crippen molar-refractivity contribution in [3.63, 3.8) is 0 Å². The second-order valence-electron chi connectivity index (χ2n) is 5.89. The summed E-state index contributed by atoms with van der Waals surface area (Å²) in [6.07, 6.45) is 3.28. The fourth-order valence-electron chi connectivity index (χ4n) is 2.27. The molecule has 0 heterocycles. The van der Waals surface area contributed by atoms with E-state index in [9.17, 15) is 9.59 Å². The highest BCUT2D eigenvalue weighted by molar-refractivity contribution is 5.78. The lowest BCUT2D eigenvalue weighted by atomic mass is 9.92. The molecule has 0 spiro atoms. The molecule has 0 aliphatic heterocycles. The molecule has 0 saturated heterocycles. The summed E-state index contributed by atoms with van der Waals surface area (Å²) >= 11 is 0. The number of hydrogen-bond donors (Lipinski definition) is 5. The van der Waals surface area contributed by atoms with E-state index in [0.717, 1.165) is 24.9 Å². The molecule has 1 aromatic rings. The number of nitrogens with two attached hydrogens (primary N) is 2. The SMILES string of the molecule is CNC(=O)C(CCCNC=O)CC(C)C.NNc1ccccc1N. The van der Waals surface area contributed by atoms with Crippen LogP contribution in [0.1, 0.15) is 33.1 Å². The van der Waals surface area contributed by atoms with Gasteiger partial charge in [0, 0.05) is 19.5 Å². The van der Waals surface area contributed by atoms with E-state index in [4.69, 9.17) is 11.6 Å². The van der Waals surface area contributed by atoms with Gasteiger partial charge in [0.25, 0.3) is 0 Å². The number of nitrogens with one attached hydrogen (secondary N) is 3. The van der Waals surface area contributed by atoms with Crippen LogP contribution < -0.4 is 27.6 Å². The van der Waals surface area contributed by atoms with E-state index in [-0.39, 0.29) is 11.8 Å². The average Bonchev–Trinajstić information content (AvgIpc) is 2.57. The van der Waals surface area contributed by atoms with Crippen molar-refractivity contribution in [2.24, 2.45) is 17.7 Å². The molecule has 0 radical (unpaired) electrons. The number of nitrogen functional groups attached to an aromatic ring is 2. The Balaban J connectivity index is 0.000000496. The molecular weight excluding hydrogens is 306 g/mol. The van der Waals surface area contributed by atoms with Crippen LogP contribution in [-0.2, 0) is 9.59 Å². The number of benzene rings is 1. The van der Waals surface area contributed by atoms with Gasteiger partial charge in [-0.3, -0.25) is 15.4 Å². The Labute approximate surface area is 144 Å². The summed E-state index contributed by atoms with van der Waals surface area (Å²) in [6, 6.07) is 7.33. The number of rotatable bonds is 9. The van der Waals surface area contributed by atoms with Gasteiger partial charge in [-0.15, -0.1) is 0 Å². The van der Waals surface area contributed by atoms with Crippen LogP contribution in [0.3, 0.4) is 0 Å². The fraction of sp³-hybridized carbons (Fsp3) is 0.529. The molecule has 2 amide bonds. The maximum atomic E-state index is 11.5. The van der Waals surface area contributed by atoms with Gasteiger partial charge in [-0.05, 0) is 37.3 Å². The molecule has 24 heavy (non-hydrogen) atoms. The van der Waals surface area contributed by atoms with E-state index < -0.39 is 0 Å². The molecule has 1 atom stereocenters. The van der Waals surface area contributed by atoms with Gasteiger partial charge in [-0.1, -0.05) is 26.0 Å².